The highest BCUT2D eigenvalue weighted by Gasteiger charge is 2.34. The van der Waals surface area contributed by atoms with Crippen molar-refractivity contribution in [2.24, 2.45) is 5.41 Å². The van der Waals surface area contributed by atoms with Crippen molar-refractivity contribution in [3.8, 4) is 0 Å². The lowest BCUT2D eigenvalue weighted by atomic mass is 9.90. The van der Waals surface area contributed by atoms with Crippen LogP contribution in [0.5, 0.6) is 0 Å². The van der Waals surface area contributed by atoms with Crippen LogP contribution >= 0.6 is 11.6 Å². The second-order valence-electron chi connectivity index (χ2n) is 4.82. The zero-order valence-corrected chi connectivity index (χ0v) is 10.6. The molecule has 0 amide bonds. The Morgan fingerprint density at radius 3 is 3.12 bits per heavy atom. The van der Waals surface area contributed by atoms with Gasteiger partial charge in [0.25, 0.3) is 0 Å². The summed E-state index contributed by atoms with van der Waals surface area (Å²) in [5.41, 5.74) is 0.329. The Bertz CT molecular complexity index is 369. The highest BCUT2D eigenvalue weighted by Crippen LogP contribution is 2.34. The second-order valence-corrected chi connectivity index (χ2v) is 5.23. The molecule has 3 nitrogen and oxygen atoms in total. The SMILES string of the molecule is CNCC1(C)CCN(c2ncccc2Cl)C1. The van der Waals surface area contributed by atoms with Gasteiger partial charge in [-0.3, -0.25) is 0 Å². The van der Waals surface area contributed by atoms with E-state index in [9.17, 15) is 0 Å². The smallest absolute Gasteiger partial charge is 0.147 e. The molecule has 1 fully saturated rings. The lowest BCUT2D eigenvalue weighted by molar-refractivity contribution is 0.356. The van der Waals surface area contributed by atoms with Crippen molar-refractivity contribution in [1.82, 2.24) is 10.3 Å². The predicted octanol–water partition coefficient (Wildman–Crippen LogP) is 2.17. The van der Waals surface area contributed by atoms with Crippen LogP contribution in [0.15, 0.2) is 18.3 Å². The molecule has 1 aromatic rings. The molecule has 0 radical (unpaired) electrons. The maximum absolute atomic E-state index is 6.15. The van der Waals surface area contributed by atoms with Gasteiger partial charge in [0.1, 0.15) is 5.82 Å². The number of hydrogen-bond acceptors (Lipinski definition) is 3. The first-order valence-corrected chi connectivity index (χ1v) is 6.02. The Labute approximate surface area is 102 Å². The first-order chi connectivity index (χ1) is 7.64. The average molecular weight is 240 g/mol. The van der Waals surface area contributed by atoms with Crippen molar-refractivity contribution >= 4 is 17.4 Å². The van der Waals surface area contributed by atoms with Gasteiger partial charge in [0.2, 0.25) is 0 Å². The molecule has 1 aromatic heterocycles. The molecule has 4 heteroatoms. The predicted molar refractivity (Wildman–Crippen MR) is 68.1 cm³/mol. The number of nitrogens with one attached hydrogen (secondary N) is 1. The summed E-state index contributed by atoms with van der Waals surface area (Å²) in [5, 5.41) is 4.00. The molecular weight excluding hydrogens is 222 g/mol. The quantitative estimate of drug-likeness (QED) is 0.877. The Morgan fingerprint density at radius 1 is 1.62 bits per heavy atom. The summed E-state index contributed by atoms with van der Waals surface area (Å²) in [7, 11) is 2.00. The Morgan fingerprint density at radius 2 is 2.44 bits per heavy atom. The van der Waals surface area contributed by atoms with Gasteiger partial charge in [0, 0.05) is 25.8 Å². The summed E-state index contributed by atoms with van der Waals surface area (Å²) in [6, 6.07) is 3.77. The van der Waals surface area contributed by atoms with Gasteiger partial charge in [-0.2, -0.15) is 0 Å². The highest BCUT2D eigenvalue weighted by molar-refractivity contribution is 6.32. The van der Waals surface area contributed by atoms with Crippen molar-refractivity contribution in [2.45, 2.75) is 13.3 Å². The van der Waals surface area contributed by atoms with Gasteiger partial charge in [0.15, 0.2) is 0 Å². The van der Waals surface area contributed by atoms with Crippen molar-refractivity contribution < 1.29 is 0 Å². The fourth-order valence-electron chi connectivity index (χ4n) is 2.39. The van der Waals surface area contributed by atoms with E-state index in [1.165, 1.54) is 6.42 Å². The molecular formula is C12H18ClN3. The van der Waals surface area contributed by atoms with Crippen molar-refractivity contribution in [3.05, 3.63) is 23.4 Å². The van der Waals surface area contributed by atoms with Gasteiger partial charge in [0.05, 0.1) is 5.02 Å². The zero-order valence-electron chi connectivity index (χ0n) is 9.83. The molecule has 2 rings (SSSR count). The first kappa shape index (κ1) is 11.7. The molecule has 1 saturated heterocycles. The molecule has 0 aromatic carbocycles. The van der Waals surface area contributed by atoms with Crippen molar-refractivity contribution in [3.63, 3.8) is 0 Å². The molecule has 16 heavy (non-hydrogen) atoms. The van der Waals surface area contributed by atoms with Gasteiger partial charge in [-0.05, 0) is 31.0 Å². The first-order valence-electron chi connectivity index (χ1n) is 5.65. The Kier molecular flexibility index (Phi) is 3.36. The summed E-state index contributed by atoms with van der Waals surface area (Å²) < 4.78 is 0. The fraction of sp³-hybridized carbons (Fsp3) is 0.583. The van der Waals surface area contributed by atoms with Crippen LogP contribution in [-0.2, 0) is 0 Å². The van der Waals surface area contributed by atoms with Crippen molar-refractivity contribution in [2.75, 3.05) is 31.6 Å². The highest BCUT2D eigenvalue weighted by atomic mass is 35.5. The van der Waals surface area contributed by atoms with Crippen molar-refractivity contribution in [1.29, 1.82) is 0 Å². The lowest BCUT2D eigenvalue weighted by Crippen LogP contribution is -2.33. The number of aromatic nitrogens is 1. The summed E-state index contributed by atoms with van der Waals surface area (Å²) >= 11 is 6.15. The van der Waals surface area contributed by atoms with E-state index in [0.29, 0.717) is 5.41 Å². The van der Waals surface area contributed by atoms with Crippen LogP contribution in [0.3, 0.4) is 0 Å². The van der Waals surface area contributed by atoms with E-state index < -0.39 is 0 Å². The number of nitrogens with zero attached hydrogens (tertiary/aromatic N) is 2. The van der Waals surface area contributed by atoms with Gasteiger partial charge in [-0.25, -0.2) is 4.98 Å². The summed E-state index contributed by atoms with van der Waals surface area (Å²) in [6.07, 6.45) is 2.98. The minimum atomic E-state index is 0.329. The van der Waals surface area contributed by atoms with Crippen LogP contribution in [0, 0.1) is 5.41 Å². The van der Waals surface area contributed by atoms with E-state index >= 15 is 0 Å². The van der Waals surface area contributed by atoms with E-state index in [0.717, 1.165) is 30.5 Å². The minimum absolute atomic E-state index is 0.329. The Hall–Kier alpha value is -0.800. The molecule has 1 atom stereocenters. The third-order valence-corrected chi connectivity index (χ3v) is 3.50. The summed E-state index contributed by atoms with van der Waals surface area (Å²) in [4.78, 5) is 6.64. The van der Waals surface area contributed by atoms with E-state index in [1.807, 2.05) is 19.2 Å². The van der Waals surface area contributed by atoms with Crippen LogP contribution < -0.4 is 10.2 Å². The van der Waals surface area contributed by atoms with Gasteiger partial charge in [-0.15, -0.1) is 0 Å². The number of hydrogen-bond donors (Lipinski definition) is 1. The Balaban J connectivity index is 2.12. The molecule has 1 N–H and O–H groups in total. The monoisotopic (exact) mass is 239 g/mol. The number of rotatable bonds is 3. The molecule has 0 spiro atoms. The fourth-order valence-corrected chi connectivity index (χ4v) is 2.63. The largest absolute Gasteiger partial charge is 0.355 e. The topological polar surface area (TPSA) is 28.2 Å². The number of halogens is 1. The molecule has 88 valence electrons. The molecule has 0 aliphatic carbocycles. The zero-order chi connectivity index (χ0) is 11.6. The van der Waals surface area contributed by atoms with Crippen LogP contribution in [0.4, 0.5) is 5.82 Å². The van der Waals surface area contributed by atoms with E-state index in [1.54, 1.807) is 6.20 Å². The minimum Gasteiger partial charge on any atom is -0.355 e. The maximum Gasteiger partial charge on any atom is 0.147 e. The van der Waals surface area contributed by atoms with Crippen LogP contribution in [0.2, 0.25) is 5.02 Å². The number of pyridine rings is 1. The third kappa shape index (κ3) is 2.30. The normalized spacial score (nSPS) is 25.1. The molecule has 1 aliphatic rings. The van der Waals surface area contributed by atoms with Gasteiger partial charge in [-0.1, -0.05) is 18.5 Å². The summed E-state index contributed by atoms with van der Waals surface area (Å²) in [5.74, 6) is 0.920. The van der Waals surface area contributed by atoms with Crippen LogP contribution in [0.25, 0.3) is 0 Å². The van der Waals surface area contributed by atoms with Gasteiger partial charge < -0.3 is 10.2 Å². The molecule has 0 bridgehead atoms. The van der Waals surface area contributed by atoms with Gasteiger partial charge >= 0.3 is 0 Å². The average Bonchev–Trinajstić information content (AvgIpc) is 2.62. The number of anilines is 1. The molecule has 1 aliphatic heterocycles. The second kappa shape index (κ2) is 4.60. The molecule has 0 saturated carbocycles. The molecule has 2 heterocycles. The van der Waals surface area contributed by atoms with Crippen LogP contribution in [0.1, 0.15) is 13.3 Å². The summed E-state index contributed by atoms with van der Waals surface area (Å²) in [6.45, 7) is 5.40. The lowest BCUT2D eigenvalue weighted by Gasteiger charge is -2.25. The maximum atomic E-state index is 6.15. The van der Waals surface area contributed by atoms with E-state index in [2.05, 4.69) is 22.1 Å². The van der Waals surface area contributed by atoms with E-state index in [-0.39, 0.29) is 0 Å². The standard InChI is InChI=1S/C12H18ClN3/c1-12(8-14-2)5-7-16(9-12)11-10(13)4-3-6-15-11/h3-4,6,14H,5,7-9H2,1-2H3. The van der Waals surface area contributed by atoms with E-state index in [4.69, 9.17) is 11.6 Å². The third-order valence-electron chi connectivity index (χ3n) is 3.20. The van der Waals surface area contributed by atoms with Crippen LogP contribution in [-0.4, -0.2) is 31.7 Å². The molecule has 1 unspecified atom stereocenters.